The molecule has 0 amide bonds. The van der Waals surface area contributed by atoms with Crippen molar-refractivity contribution < 1.29 is 4.79 Å². The van der Waals surface area contributed by atoms with Gasteiger partial charge in [-0.15, -0.1) is 5.10 Å². The number of rotatable bonds is 2. The van der Waals surface area contributed by atoms with Crippen LogP contribution in [0.2, 0.25) is 0 Å². The van der Waals surface area contributed by atoms with Gasteiger partial charge in [0.2, 0.25) is 0 Å². The van der Waals surface area contributed by atoms with E-state index in [1.54, 1.807) is 4.52 Å². The zero-order chi connectivity index (χ0) is 15.1. The predicted molar refractivity (Wildman–Crippen MR) is 86.1 cm³/mol. The summed E-state index contributed by atoms with van der Waals surface area (Å²) in [4.78, 5) is 21.4. The van der Waals surface area contributed by atoms with Gasteiger partial charge >= 0.3 is 0 Å². The summed E-state index contributed by atoms with van der Waals surface area (Å²) in [6.45, 7) is 1.88. The second-order valence-electron chi connectivity index (χ2n) is 5.62. The number of aryl methyl sites for hydroxylation is 1. The van der Waals surface area contributed by atoms with Gasteiger partial charge < -0.3 is 0 Å². The number of para-hydroxylation sites is 1. The summed E-state index contributed by atoms with van der Waals surface area (Å²) in [7, 11) is 0. The Morgan fingerprint density at radius 1 is 1.23 bits per heavy atom. The third kappa shape index (κ3) is 2.27. The SMILES string of the molecule is Cc1nc2c3ccccc3nc(S[C@H]3CCCCC3=O)n2n1. The molecule has 1 fully saturated rings. The van der Waals surface area contributed by atoms with Crippen LogP contribution in [0.25, 0.3) is 16.6 Å². The van der Waals surface area contributed by atoms with Crippen LogP contribution in [0.5, 0.6) is 0 Å². The zero-order valence-corrected chi connectivity index (χ0v) is 13.1. The Hall–Kier alpha value is -1.95. The van der Waals surface area contributed by atoms with Gasteiger partial charge in [-0.3, -0.25) is 4.79 Å². The van der Waals surface area contributed by atoms with Crippen molar-refractivity contribution in [2.75, 3.05) is 0 Å². The molecule has 2 heterocycles. The molecule has 0 bridgehead atoms. The molecule has 0 aliphatic heterocycles. The molecule has 1 aliphatic rings. The number of benzene rings is 1. The van der Waals surface area contributed by atoms with E-state index in [-0.39, 0.29) is 5.25 Å². The maximum atomic E-state index is 12.1. The van der Waals surface area contributed by atoms with Gasteiger partial charge in [-0.2, -0.15) is 4.52 Å². The normalized spacial score (nSPS) is 19.1. The van der Waals surface area contributed by atoms with Gasteiger partial charge in [-0.05, 0) is 31.9 Å². The van der Waals surface area contributed by atoms with E-state index in [2.05, 4.69) is 10.1 Å². The minimum absolute atomic E-state index is 0.00452. The fourth-order valence-electron chi connectivity index (χ4n) is 2.91. The van der Waals surface area contributed by atoms with E-state index in [9.17, 15) is 4.79 Å². The minimum Gasteiger partial charge on any atom is -0.298 e. The lowest BCUT2D eigenvalue weighted by molar-refractivity contribution is -0.119. The van der Waals surface area contributed by atoms with Crippen molar-refractivity contribution >= 4 is 34.1 Å². The summed E-state index contributed by atoms with van der Waals surface area (Å²) < 4.78 is 1.78. The highest BCUT2D eigenvalue weighted by atomic mass is 32.2. The quantitative estimate of drug-likeness (QED) is 0.680. The Kier molecular flexibility index (Phi) is 3.33. The highest BCUT2D eigenvalue weighted by Crippen LogP contribution is 2.32. The summed E-state index contributed by atoms with van der Waals surface area (Å²) >= 11 is 1.53. The fraction of sp³-hybridized carbons (Fsp3) is 0.375. The molecule has 1 aliphatic carbocycles. The summed E-state index contributed by atoms with van der Waals surface area (Å²) in [5.41, 5.74) is 1.71. The molecule has 0 radical (unpaired) electrons. The topological polar surface area (TPSA) is 60.2 Å². The van der Waals surface area contributed by atoms with Crippen LogP contribution in [0.1, 0.15) is 31.5 Å². The summed E-state index contributed by atoms with van der Waals surface area (Å²) in [5, 5.41) is 6.21. The van der Waals surface area contributed by atoms with E-state index in [0.29, 0.717) is 12.2 Å². The monoisotopic (exact) mass is 312 g/mol. The molecular formula is C16H16N4OS. The standard InChI is InChI=1S/C16H16N4OS/c1-10-17-15-11-6-2-3-7-12(11)18-16(20(15)19-10)22-14-9-5-4-8-13(14)21/h2-3,6-7,14H,4-5,8-9H2,1H3/t14-/m0/s1. The molecule has 0 saturated heterocycles. The first-order valence-corrected chi connectivity index (χ1v) is 8.42. The summed E-state index contributed by atoms with van der Waals surface area (Å²) in [6, 6.07) is 7.93. The molecule has 1 atom stereocenters. The van der Waals surface area contributed by atoms with Crippen LogP contribution in [0.3, 0.4) is 0 Å². The maximum Gasteiger partial charge on any atom is 0.192 e. The number of fused-ring (bicyclic) bond motifs is 3. The molecule has 0 N–H and O–H groups in total. The number of aromatic nitrogens is 4. The smallest absolute Gasteiger partial charge is 0.192 e. The molecule has 0 unspecified atom stereocenters. The van der Waals surface area contributed by atoms with Crippen LogP contribution in [0.4, 0.5) is 0 Å². The Balaban J connectivity index is 1.86. The van der Waals surface area contributed by atoms with Crippen molar-refractivity contribution in [3.05, 3.63) is 30.1 Å². The lowest BCUT2D eigenvalue weighted by atomic mass is 9.99. The second-order valence-corrected chi connectivity index (χ2v) is 6.79. The Bertz CT molecular complexity index is 873. The number of thioether (sulfide) groups is 1. The van der Waals surface area contributed by atoms with E-state index < -0.39 is 0 Å². The van der Waals surface area contributed by atoms with Crippen molar-refractivity contribution in [3.8, 4) is 0 Å². The third-order valence-corrected chi connectivity index (χ3v) is 5.26. The van der Waals surface area contributed by atoms with E-state index >= 15 is 0 Å². The van der Waals surface area contributed by atoms with Crippen molar-refractivity contribution in [3.63, 3.8) is 0 Å². The third-order valence-electron chi connectivity index (χ3n) is 4.00. The largest absolute Gasteiger partial charge is 0.298 e. The van der Waals surface area contributed by atoms with E-state index in [4.69, 9.17) is 4.98 Å². The van der Waals surface area contributed by atoms with Gasteiger partial charge in [0.15, 0.2) is 10.8 Å². The van der Waals surface area contributed by atoms with Gasteiger partial charge in [0, 0.05) is 11.8 Å². The lowest BCUT2D eigenvalue weighted by Crippen LogP contribution is -2.22. The van der Waals surface area contributed by atoms with E-state index in [1.807, 2.05) is 31.2 Å². The first-order chi connectivity index (χ1) is 10.7. The molecule has 6 heteroatoms. The van der Waals surface area contributed by atoms with Gasteiger partial charge in [0.05, 0.1) is 10.8 Å². The molecule has 5 nitrogen and oxygen atoms in total. The number of hydrogen-bond donors (Lipinski definition) is 0. The van der Waals surface area contributed by atoms with Gasteiger partial charge in [0.1, 0.15) is 11.6 Å². The first-order valence-electron chi connectivity index (χ1n) is 7.54. The average Bonchev–Trinajstić information content (AvgIpc) is 2.92. The number of hydrogen-bond acceptors (Lipinski definition) is 5. The molecule has 22 heavy (non-hydrogen) atoms. The number of carbonyl (C=O) groups excluding carboxylic acids is 1. The Labute approximate surface area is 132 Å². The van der Waals surface area contributed by atoms with Crippen LogP contribution in [0, 0.1) is 6.92 Å². The van der Waals surface area contributed by atoms with Crippen LogP contribution in [-0.2, 0) is 4.79 Å². The molecule has 4 rings (SSSR count). The van der Waals surface area contributed by atoms with Crippen molar-refractivity contribution in [1.29, 1.82) is 0 Å². The van der Waals surface area contributed by atoms with Crippen molar-refractivity contribution in [2.45, 2.75) is 43.0 Å². The highest BCUT2D eigenvalue weighted by molar-refractivity contribution is 8.00. The predicted octanol–water partition coefficient (Wildman–Crippen LogP) is 3.19. The van der Waals surface area contributed by atoms with Crippen LogP contribution in [-0.4, -0.2) is 30.6 Å². The number of nitrogens with zero attached hydrogens (tertiary/aromatic N) is 4. The summed E-state index contributed by atoms with van der Waals surface area (Å²) in [6.07, 6.45) is 3.73. The average molecular weight is 312 g/mol. The molecule has 1 saturated carbocycles. The van der Waals surface area contributed by atoms with Gasteiger partial charge in [0.25, 0.3) is 0 Å². The number of carbonyl (C=O) groups is 1. The Morgan fingerprint density at radius 3 is 2.95 bits per heavy atom. The van der Waals surface area contributed by atoms with Crippen LogP contribution >= 0.6 is 11.8 Å². The van der Waals surface area contributed by atoms with Gasteiger partial charge in [-0.1, -0.05) is 30.3 Å². The zero-order valence-electron chi connectivity index (χ0n) is 12.3. The van der Waals surface area contributed by atoms with Crippen molar-refractivity contribution in [2.24, 2.45) is 0 Å². The van der Waals surface area contributed by atoms with Crippen LogP contribution in [0.15, 0.2) is 29.4 Å². The second kappa shape index (κ2) is 5.35. The van der Waals surface area contributed by atoms with E-state index in [0.717, 1.165) is 46.8 Å². The Morgan fingerprint density at radius 2 is 2.09 bits per heavy atom. The number of ketones is 1. The fourth-order valence-corrected chi connectivity index (χ4v) is 4.08. The molecule has 112 valence electrons. The maximum absolute atomic E-state index is 12.1. The van der Waals surface area contributed by atoms with Gasteiger partial charge in [-0.25, -0.2) is 9.97 Å². The highest BCUT2D eigenvalue weighted by Gasteiger charge is 2.25. The molecule has 1 aromatic carbocycles. The van der Waals surface area contributed by atoms with E-state index in [1.165, 1.54) is 11.8 Å². The molecular weight excluding hydrogens is 296 g/mol. The molecule has 3 aromatic rings. The minimum atomic E-state index is -0.00452. The lowest BCUT2D eigenvalue weighted by Gasteiger charge is -2.19. The summed E-state index contributed by atoms with van der Waals surface area (Å²) in [5.74, 6) is 1.05. The number of Topliss-reactive ketones (excluding diaryl/α,β-unsaturated/α-hetero) is 1. The first kappa shape index (κ1) is 13.7. The van der Waals surface area contributed by atoms with Crippen LogP contribution < -0.4 is 0 Å². The van der Waals surface area contributed by atoms with Crippen molar-refractivity contribution in [1.82, 2.24) is 19.6 Å². The molecule has 2 aromatic heterocycles. The molecule has 0 spiro atoms.